The molecule has 166 valence electrons. The van der Waals surface area contributed by atoms with Gasteiger partial charge in [-0.05, 0) is 42.7 Å². The van der Waals surface area contributed by atoms with Gasteiger partial charge in [-0.2, -0.15) is 0 Å². The van der Waals surface area contributed by atoms with E-state index in [4.69, 9.17) is 0 Å². The summed E-state index contributed by atoms with van der Waals surface area (Å²) in [5.74, 6) is 0.715. The summed E-state index contributed by atoms with van der Waals surface area (Å²) in [4.78, 5) is 18.3. The van der Waals surface area contributed by atoms with Gasteiger partial charge in [-0.3, -0.25) is 9.79 Å². The van der Waals surface area contributed by atoms with E-state index in [1.165, 1.54) is 0 Å². The van der Waals surface area contributed by atoms with Crippen LogP contribution in [-0.4, -0.2) is 45.7 Å². The summed E-state index contributed by atoms with van der Waals surface area (Å²) >= 11 is 0. The second-order valence-electron chi connectivity index (χ2n) is 7.59. The first-order valence-electron chi connectivity index (χ1n) is 10.6. The van der Waals surface area contributed by atoms with Gasteiger partial charge in [0.05, 0.1) is 10.6 Å². The van der Waals surface area contributed by atoms with Crippen LogP contribution in [0.5, 0.6) is 0 Å². The zero-order valence-electron chi connectivity index (χ0n) is 18.0. The van der Waals surface area contributed by atoms with Gasteiger partial charge in [0.25, 0.3) is 0 Å². The van der Waals surface area contributed by atoms with Gasteiger partial charge in [0.15, 0.2) is 15.8 Å². The number of benzene rings is 2. The fourth-order valence-electron chi connectivity index (χ4n) is 3.54. The molecule has 2 aromatic rings. The molecule has 2 N–H and O–H groups in total. The van der Waals surface area contributed by atoms with E-state index in [0.29, 0.717) is 30.2 Å². The standard InChI is InChI=1S/C23H30N4O3S/c1-3-19(17-31(29,30)21-8-5-4-6-9-21)26-23(24-2)25-16-18-11-13-20(14-12-18)27-15-7-10-22(27)28/h4-6,8-9,11-14,19H,3,7,10,15-17H2,1-2H3,(H2,24,25,26). The summed E-state index contributed by atoms with van der Waals surface area (Å²) in [5, 5.41) is 6.46. The minimum absolute atomic E-state index is 0.00717. The molecule has 2 aromatic carbocycles. The Kier molecular flexibility index (Phi) is 7.68. The molecule has 1 aliphatic heterocycles. The zero-order valence-corrected chi connectivity index (χ0v) is 18.9. The van der Waals surface area contributed by atoms with Crippen LogP contribution in [0.3, 0.4) is 0 Å². The van der Waals surface area contributed by atoms with Crippen molar-refractivity contribution in [3.05, 3.63) is 60.2 Å². The van der Waals surface area contributed by atoms with Crippen molar-refractivity contribution in [1.29, 1.82) is 0 Å². The van der Waals surface area contributed by atoms with Crippen LogP contribution in [0.4, 0.5) is 5.69 Å². The highest BCUT2D eigenvalue weighted by atomic mass is 32.2. The number of sulfone groups is 1. The molecule has 1 fully saturated rings. The lowest BCUT2D eigenvalue weighted by Crippen LogP contribution is -2.45. The first-order chi connectivity index (χ1) is 14.9. The minimum Gasteiger partial charge on any atom is -0.353 e. The van der Waals surface area contributed by atoms with Crippen LogP contribution in [0, 0.1) is 0 Å². The highest BCUT2D eigenvalue weighted by molar-refractivity contribution is 7.91. The number of amides is 1. The Balaban J connectivity index is 1.56. The van der Waals surface area contributed by atoms with Crippen LogP contribution < -0.4 is 15.5 Å². The van der Waals surface area contributed by atoms with Crippen molar-refractivity contribution >= 4 is 27.4 Å². The van der Waals surface area contributed by atoms with Gasteiger partial charge in [-0.15, -0.1) is 0 Å². The van der Waals surface area contributed by atoms with E-state index in [1.807, 2.05) is 36.1 Å². The smallest absolute Gasteiger partial charge is 0.227 e. The zero-order chi connectivity index (χ0) is 22.3. The maximum atomic E-state index is 12.7. The van der Waals surface area contributed by atoms with Gasteiger partial charge >= 0.3 is 0 Å². The second kappa shape index (κ2) is 10.4. The van der Waals surface area contributed by atoms with Crippen molar-refractivity contribution in [2.24, 2.45) is 4.99 Å². The molecule has 0 spiro atoms. The van der Waals surface area contributed by atoms with E-state index >= 15 is 0 Å². The third-order valence-corrected chi connectivity index (χ3v) is 7.19. The van der Waals surface area contributed by atoms with Gasteiger partial charge in [0.1, 0.15) is 0 Å². The van der Waals surface area contributed by atoms with Gasteiger partial charge in [-0.25, -0.2) is 8.42 Å². The molecule has 7 nitrogen and oxygen atoms in total. The Hall–Kier alpha value is -2.87. The molecule has 1 saturated heterocycles. The fraction of sp³-hybridized carbons (Fsp3) is 0.391. The topological polar surface area (TPSA) is 90.9 Å². The molecule has 1 atom stereocenters. The second-order valence-corrected chi connectivity index (χ2v) is 9.62. The van der Waals surface area contributed by atoms with Gasteiger partial charge < -0.3 is 15.5 Å². The molecule has 1 amide bonds. The average Bonchev–Trinajstić information content (AvgIpc) is 3.22. The summed E-state index contributed by atoms with van der Waals surface area (Å²) < 4.78 is 25.4. The van der Waals surface area contributed by atoms with Crippen LogP contribution in [-0.2, 0) is 21.2 Å². The number of carbonyl (C=O) groups excluding carboxylic acids is 1. The predicted octanol–water partition coefficient (Wildman–Crippen LogP) is 2.73. The summed E-state index contributed by atoms with van der Waals surface area (Å²) in [6.07, 6.45) is 2.16. The van der Waals surface area contributed by atoms with Crippen LogP contribution in [0.15, 0.2) is 64.5 Å². The summed E-state index contributed by atoms with van der Waals surface area (Å²) in [6, 6.07) is 16.1. The molecular formula is C23H30N4O3S. The molecule has 0 aromatic heterocycles. The van der Waals surface area contributed by atoms with Gasteiger partial charge in [-0.1, -0.05) is 37.3 Å². The Morgan fingerprint density at radius 2 is 1.84 bits per heavy atom. The highest BCUT2D eigenvalue weighted by Crippen LogP contribution is 2.21. The lowest BCUT2D eigenvalue weighted by Gasteiger charge is -2.21. The van der Waals surface area contributed by atoms with Gasteiger partial charge in [0, 0.05) is 38.3 Å². The molecule has 0 bridgehead atoms. The Morgan fingerprint density at radius 1 is 1.13 bits per heavy atom. The molecule has 0 radical (unpaired) electrons. The summed E-state index contributed by atoms with van der Waals surface area (Å²) in [7, 11) is -1.72. The third kappa shape index (κ3) is 6.07. The minimum atomic E-state index is -3.39. The number of nitrogens with zero attached hydrogens (tertiary/aromatic N) is 2. The van der Waals surface area contributed by atoms with Crippen LogP contribution in [0.1, 0.15) is 31.7 Å². The number of guanidine groups is 1. The predicted molar refractivity (Wildman–Crippen MR) is 124 cm³/mol. The van der Waals surface area contributed by atoms with Crippen molar-refractivity contribution in [2.45, 2.75) is 43.7 Å². The number of hydrogen-bond acceptors (Lipinski definition) is 4. The van der Waals surface area contributed by atoms with Crippen LogP contribution >= 0.6 is 0 Å². The molecule has 8 heteroatoms. The number of anilines is 1. The van der Waals surface area contributed by atoms with Crippen molar-refractivity contribution in [3.63, 3.8) is 0 Å². The molecule has 0 aliphatic carbocycles. The number of nitrogens with one attached hydrogen (secondary N) is 2. The van der Waals surface area contributed by atoms with E-state index in [0.717, 1.165) is 24.2 Å². The SMILES string of the molecule is CCC(CS(=O)(=O)c1ccccc1)NC(=NC)NCc1ccc(N2CCCC2=O)cc1. The van der Waals surface area contributed by atoms with Crippen molar-refractivity contribution in [3.8, 4) is 0 Å². The largest absolute Gasteiger partial charge is 0.353 e. The lowest BCUT2D eigenvalue weighted by atomic mass is 10.2. The van der Waals surface area contributed by atoms with Gasteiger partial charge in [0.2, 0.25) is 5.91 Å². The van der Waals surface area contributed by atoms with Crippen LogP contribution in [0.2, 0.25) is 0 Å². The molecule has 1 heterocycles. The number of aliphatic imine (C=N–C) groups is 1. The summed E-state index contributed by atoms with van der Waals surface area (Å²) in [5.41, 5.74) is 1.97. The van der Waals surface area contributed by atoms with Crippen LogP contribution in [0.25, 0.3) is 0 Å². The number of hydrogen-bond donors (Lipinski definition) is 2. The van der Waals surface area contributed by atoms with E-state index in [9.17, 15) is 13.2 Å². The van der Waals surface area contributed by atoms with E-state index < -0.39 is 9.84 Å². The average molecular weight is 443 g/mol. The fourth-order valence-corrected chi connectivity index (χ4v) is 5.15. The number of carbonyl (C=O) groups is 1. The first kappa shape index (κ1) is 22.8. The van der Waals surface area contributed by atoms with Crippen molar-refractivity contribution < 1.29 is 13.2 Å². The lowest BCUT2D eigenvalue weighted by molar-refractivity contribution is -0.117. The Labute approximate surface area is 184 Å². The monoisotopic (exact) mass is 442 g/mol. The Morgan fingerprint density at radius 3 is 2.42 bits per heavy atom. The first-order valence-corrected chi connectivity index (χ1v) is 12.2. The Bertz CT molecular complexity index is 1000. The van der Waals surface area contributed by atoms with Crippen molar-refractivity contribution in [1.82, 2.24) is 10.6 Å². The van der Waals surface area contributed by atoms with E-state index in [-0.39, 0.29) is 17.7 Å². The molecule has 0 saturated carbocycles. The molecule has 31 heavy (non-hydrogen) atoms. The van der Waals surface area contributed by atoms with Crippen molar-refractivity contribution in [2.75, 3.05) is 24.2 Å². The number of rotatable bonds is 8. The quantitative estimate of drug-likeness (QED) is 0.485. The maximum Gasteiger partial charge on any atom is 0.227 e. The molecular weight excluding hydrogens is 412 g/mol. The normalized spacial score (nSPS) is 15.7. The molecule has 1 unspecified atom stereocenters. The maximum absolute atomic E-state index is 12.7. The van der Waals surface area contributed by atoms with E-state index in [2.05, 4.69) is 15.6 Å². The molecule has 3 rings (SSSR count). The van der Waals surface area contributed by atoms with E-state index in [1.54, 1.807) is 37.4 Å². The third-order valence-electron chi connectivity index (χ3n) is 5.36. The summed E-state index contributed by atoms with van der Waals surface area (Å²) in [6.45, 7) is 3.26. The molecule has 1 aliphatic rings. The highest BCUT2D eigenvalue weighted by Gasteiger charge is 2.22.